The fourth-order valence-electron chi connectivity index (χ4n) is 5.45. The van der Waals surface area contributed by atoms with E-state index in [1.54, 1.807) is 6.92 Å². The van der Waals surface area contributed by atoms with E-state index in [0.717, 1.165) is 0 Å². The molecule has 0 radical (unpaired) electrons. The number of hydrogen-bond donors (Lipinski definition) is 3. The zero-order valence-corrected chi connectivity index (χ0v) is 22.5. The molecule has 8 bridgehead atoms. The molecule has 39 heavy (non-hydrogen) atoms. The van der Waals surface area contributed by atoms with Gasteiger partial charge >= 0.3 is 19.5 Å². The van der Waals surface area contributed by atoms with Gasteiger partial charge in [0, 0.05) is 45.4 Å². The van der Waals surface area contributed by atoms with Crippen LogP contribution >= 0.6 is 7.82 Å². The predicted molar refractivity (Wildman–Crippen MR) is 129 cm³/mol. The van der Waals surface area contributed by atoms with Gasteiger partial charge in [-0.15, -0.1) is 0 Å². The number of nitrogens with zero attached hydrogens (tertiary/aromatic N) is 2. The fourth-order valence-corrected chi connectivity index (χ4v) is 6.41. The van der Waals surface area contributed by atoms with E-state index in [-0.39, 0.29) is 38.0 Å². The van der Waals surface area contributed by atoms with Gasteiger partial charge in [-0.1, -0.05) is 0 Å². The number of phosphoric ester groups is 1. The number of H-pyrrole nitrogens is 1. The summed E-state index contributed by atoms with van der Waals surface area (Å²) in [6, 6.07) is -0.726. The van der Waals surface area contributed by atoms with E-state index in [1.807, 2.05) is 0 Å². The molecule has 8 atom stereocenters. The maximum Gasteiger partial charge on any atom is 0.472 e. The van der Waals surface area contributed by atoms with Crippen LogP contribution in [0.25, 0.3) is 0 Å². The molecule has 1 aromatic rings. The van der Waals surface area contributed by atoms with E-state index in [4.69, 9.17) is 28.0 Å². The number of nitrogens with one attached hydrogen (secondary N) is 2. The maximum absolute atomic E-state index is 13.0. The lowest BCUT2D eigenvalue weighted by Crippen LogP contribution is -2.62. The van der Waals surface area contributed by atoms with E-state index in [9.17, 15) is 28.6 Å². The number of amides is 3. The summed E-state index contributed by atoms with van der Waals surface area (Å²) < 4.78 is 47.3. The predicted octanol–water partition coefficient (Wildman–Crippen LogP) is -0.783. The average Bonchev–Trinajstić information content (AvgIpc) is 3.45. The molecule has 17 heteroatoms. The minimum absolute atomic E-state index is 0.0110. The minimum atomic E-state index is -4.67. The number of rotatable bonds is 3. The molecule has 5 rings (SSSR count). The molecule has 0 saturated carbocycles. The Labute approximate surface area is 222 Å². The Morgan fingerprint density at radius 3 is 2.64 bits per heavy atom. The van der Waals surface area contributed by atoms with Gasteiger partial charge in [-0.25, -0.2) is 14.2 Å². The maximum atomic E-state index is 13.0. The molecule has 3 N–H and O–H groups in total. The van der Waals surface area contributed by atoms with Gasteiger partial charge in [-0.3, -0.25) is 38.4 Å². The number of hydrogen-bond acceptors (Lipinski definition) is 11. The lowest BCUT2D eigenvalue weighted by Gasteiger charge is -2.41. The molecule has 3 saturated heterocycles. The molecule has 16 nitrogen and oxygen atoms in total. The summed E-state index contributed by atoms with van der Waals surface area (Å²) in [5.41, 5.74) is -2.60. The van der Waals surface area contributed by atoms with Crippen molar-refractivity contribution in [2.45, 2.75) is 63.1 Å². The monoisotopic (exact) mass is 574 g/mol. The van der Waals surface area contributed by atoms with Gasteiger partial charge in [-0.2, -0.15) is 0 Å². The molecule has 0 aliphatic carbocycles. The van der Waals surface area contributed by atoms with Crippen molar-refractivity contribution in [3.05, 3.63) is 32.6 Å². The second kappa shape index (κ2) is 10.5. The highest BCUT2D eigenvalue weighted by Crippen LogP contribution is 2.48. The lowest BCUT2D eigenvalue weighted by molar-refractivity contribution is -0.136. The first-order chi connectivity index (χ1) is 18.4. The number of urea groups is 1. The Bertz CT molecular complexity index is 1300. The third-order valence-electron chi connectivity index (χ3n) is 7.49. The van der Waals surface area contributed by atoms with E-state index in [0.29, 0.717) is 0 Å². The van der Waals surface area contributed by atoms with Crippen LogP contribution in [0, 0.1) is 5.41 Å². The van der Waals surface area contributed by atoms with Crippen molar-refractivity contribution >= 4 is 19.8 Å². The fraction of sp³-hybridized carbons (Fsp3) is 0.727. The van der Waals surface area contributed by atoms with Crippen LogP contribution in [0.4, 0.5) is 4.79 Å². The zero-order valence-electron chi connectivity index (χ0n) is 21.6. The minimum Gasteiger partial charge on any atom is -0.382 e. The van der Waals surface area contributed by atoms with Crippen molar-refractivity contribution in [3.63, 3.8) is 0 Å². The van der Waals surface area contributed by atoms with Gasteiger partial charge in [0.15, 0.2) is 0 Å². The average molecular weight is 574 g/mol. The molecule has 3 fully saturated rings. The third kappa shape index (κ3) is 5.47. The quantitative estimate of drug-likeness (QED) is 0.381. The third-order valence-corrected chi connectivity index (χ3v) is 8.51. The highest BCUT2D eigenvalue weighted by atomic mass is 31.2. The van der Waals surface area contributed by atoms with Crippen LogP contribution < -0.4 is 16.6 Å². The summed E-state index contributed by atoms with van der Waals surface area (Å²) in [5, 5.41) is 2.30. The second-order valence-corrected chi connectivity index (χ2v) is 11.7. The van der Waals surface area contributed by atoms with Crippen molar-refractivity contribution in [1.29, 1.82) is 0 Å². The highest BCUT2D eigenvalue weighted by molar-refractivity contribution is 7.47. The first kappa shape index (κ1) is 28.1. The normalized spacial score (nSPS) is 38.9. The molecule has 4 aliphatic heterocycles. The van der Waals surface area contributed by atoms with Gasteiger partial charge in [-0.05, 0) is 13.3 Å². The summed E-state index contributed by atoms with van der Waals surface area (Å²) in [6.07, 6.45) is -3.79. The Morgan fingerprint density at radius 2 is 1.92 bits per heavy atom. The summed E-state index contributed by atoms with van der Waals surface area (Å²) in [4.78, 5) is 65.3. The number of carbonyl (C=O) groups excluding carboxylic acids is 2. The largest absolute Gasteiger partial charge is 0.472 e. The molecule has 0 aromatic carbocycles. The van der Waals surface area contributed by atoms with Crippen molar-refractivity contribution in [1.82, 2.24) is 19.8 Å². The summed E-state index contributed by atoms with van der Waals surface area (Å²) in [7, 11) is -1.83. The second-order valence-electron chi connectivity index (χ2n) is 10.3. The SMILES string of the molecule is COC[C@H]1O[C@@H]2C[C@@H]1OP(=O)(O)OC[C@H]1O[C@H](C[C@@H]1OC)n1cc(c(=O)[nH]c1=O)C[C@]1(C)CN2C(=O)NC1=O. The van der Waals surface area contributed by atoms with Gasteiger partial charge < -0.3 is 23.8 Å². The highest BCUT2D eigenvalue weighted by Gasteiger charge is 2.50. The number of imide groups is 1. The Hall–Kier alpha value is -2.43. The van der Waals surface area contributed by atoms with Crippen LogP contribution in [0.3, 0.4) is 0 Å². The van der Waals surface area contributed by atoms with Crippen LogP contribution in [-0.4, -0.2) is 95.9 Å². The van der Waals surface area contributed by atoms with Gasteiger partial charge in [0.25, 0.3) is 5.56 Å². The van der Waals surface area contributed by atoms with Gasteiger partial charge in [0.2, 0.25) is 5.91 Å². The molecule has 1 aromatic heterocycles. The number of ether oxygens (including phenoxy) is 4. The molecular weight excluding hydrogens is 543 g/mol. The molecule has 0 spiro atoms. The smallest absolute Gasteiger partial charge is 0.382 e. The van der Waals surface area contributed by atoms with Crippen LogP contribution in [0.1, 0.15) is 31.6 Å². The molecule has 3 amide bonds. The number of methoxy groups -OCH3 is 2. The van der Waals surface area contributed by atoms with Crippen molar-refractivity contribution in [2.24, 2.45) is 5.41 Å². The molecule has 1 unspecified atom stereocenters. The van der Waals surface area contributed by atoms with Gasteiger partial charge in [0.05, 0.1) is 24.7 Å². The van der Waals surface area contributed by atoms with Crippen molar-refractivity contribution in [3.8, 4) is 0 Å². The topological polar surface area (TPSA) is 197 Å². The summed E-state index contributed by atoms with van der Waals surface area (Å²) in [5.74, 6) is -0.608. The van der Waals surface area contributed by atoms with Crippen molar-refractivity contribution in [2.75, 3.05) is 34.0 Å². The van der Waals surface area contributed by atoms with E-state index < -0.39 is 79.9 Å². The Morgan fingerprint density at radius 1 is 1.15 bits per heavy atom. The number of fused-ring (bicyclic) bond motifs is 10. The first-order valence-electron chi connectivity index (χ1n) is 12.4. The summed E-state index contributed by atoms with van der Waals surface area (Å²) >= 11 is 0. The van der Waals surface area contributed by atoms with Gasteiger partial charge in [0.1, 0.15) is 30.8 Å². The summed E-state index contributed by atoms with van der Waals surface area (Å²) in [6.45, 7) is 1.03. The standard InChI is InChI=1S/C22H31N4O12P/c1-22-6-11-7-25(20(29)23-18(11)27)16-4-12(34-3)15(37-16)9-35-39(31,32)38-13-5-17(36-14(13)8-33-2)26(10-22)21(30)24-19(22)28/h7,12-17H,4-6,8-10H2,1-3H3,(H,31,32)(H,23,27,29)(H,24,28,30)/t12-,13-,14+,15+,16+,17+,22+/m0/s1. The molecule has 216 valence electrons. The first-order valence-corrected chi connectivity index (χ1v) is 13.9. The number of aromatic amines is 1. The van der Waals surface area contributed by atoms with E-state index in [2.05, 4.69) is 10.3 Å². The van der Waals surface area contributed by atoms with Crippen LogP contribution in [0.2, 0.25) is 0 Å². The molecule has 4 aliphatic rings. The van der Waals surface area contributed by atoms with E-state index in [1.165, 1.54) is 29.9 Å². The Kier molecular flexibility index (Phi) is 7.58. The number of phosphoric acid groups is 1. The Balaban J connectivity index is 1.56. The van der Waals surface area contributed by atoms with Crippen LogP contribution in [0.15, 0.2) is 15.8 Å². The van der Waals surface area contributed by atoms with Crippen LogP contribution in [-0.2, 0) is 43.8 Å². The van der Waals surface area contributed by atoms with Crippen LogP contribution in [0.5, 0.6) is 0 Å². The number of aromatic nitrogens is 2. The number of carbonyl (C=O) groups is 2. The van der Waals surface area contributed by atoms with E-state index >= 15 is 0 Å². The molecular formula is C22H31N4O12P. The van der Waals surface area contributed by atoms with Crippen molar-refractivity contribution < 1.29 is 47.0 Å². The lowest BCUT2D eigenvalue weighted by atomic mass is 9.81. The molecule has 5 heterocycles. The zero-order chi connectivity index (χ0) is 28.1.